The van der Waals surface area contributed by atoms with Crippen LogP contribution in [-0.2, 0) is 0 Å². The molecule has 3 N–H and O–H groups in total. The van der Waals surface area contributed by atoms with Crippen molar-refractivity contribution < 1.29 is 19.1 Å². The van der Waals surface area contributed by atoms with Crippen LogP contribution in [0.2, 0.25) is 0 Å². The van der Waals surface area contributed by atoms with Crippen LogP contribution in [-0.4, -0.2) is 61.6 Å². The van der Waals surface area contributed by atoms with E-state index in [9.17, 15) is 14.0 Å². The van der Waals surface area contributed by atoms with Crippen molar-refractivity contribution in [2.45, 2.75) is 19.9 Å². The van der Waals surface area contributed by atoms with Crippen molar-refractivity contribution in [3.05, 3.63) is 40.5 Å². The fourth-order valence-corrected chi connectivity index (χ4v) is 4.17. The van der Waals surface area contributed by atoms with E-state index < -0.39 is 11.9 Å². The zero-order chi connectivity index (χ0) is 22.1. The Hall–Kier alpha value is -3.41. The van der Waals surface area contributed by atoms with Crippen molar-refractivity contribution in [3.8, 4) is 0 Å². The third-order valence-corrected chi connectivity index (χ3v) is 5.89. The van der Waals surface area contributed by atoms with Gasteiger partial charge in [0, 0.05) is 31.7 Å². The molecule has 0 spiro atoms. The maximum Gasteiger partial charge on any atom is 0.404 e. The summed E-state index contributed by atoms with van der Waals surface area (Å²) >= 11 is 1.34. The number of hydrogen-bond acceptors (Lipinski definition) is 8. The largest absolute Gasteiger partial charge is 0.465 e. The van der Waals surface area contributed by atoms with E-state index in [-0.39, 0.29) is 29.5 Å². The molecule has 10 nitrogen and oxygen atoms in total. The lowest BCUT2D eigenvalue weighted by Gasteiger charge is -2.38. The van der Waals surface area contributed by atoms with E-state index in [4.69, 9.17) is 5.11 Å². The van der Waals surface area contributed by atoms with Crippen LogP contribution < -0.4 is 10.6 Å². The molecule has 2 amide bonds. The summed E-state index contributed by atoms with van der Waals surface area (Å²) in [6.45, 7) is 4.82. The van der Waals surface area contributed by atoms with Gasteiger partial charge in [-0.15, -0.1) is 11.3 Å². The average Bonchev–Trinajstić information content (AvgIpc) is 3.05. The quantitative estimate of drug-likeness (QED) is 0.527. The summed E-state index contributed by atoms with van der Waals surface area (Å²) in [5.41, 5.74) is 1.27. The molecule has 1 aliphatic heterocycles. The minimum Gasteiger partial charge on any atom is -0.465 e. The summed E-state index contributed by atoms with van der Waals surface area (Å²) in [6.07, 6.45) is 1.59. The van der Waals surface area contributed by atoms with Gasteiger partial charge in [0.2, 0.25) is 5.95 Å². The van der Waals surface area contributed by atoms with Crippen molar-refractivity contribution in [2.24, 2.45) is 5.92 Å². The zero-order valence-corrected chi connectivity index (χ0v) is 17.6. The first-order chi connectivity index (χ1) is 14.8. The number of carbonyl (C=O) groups excluding carboxylic acids is 1. The van der Waals surface area contributed by atoms with Crippen molar-refractivity contribution in [1.29, 1.82) is 0 Å². The van der Waals surface area contributed by atoms with Crippen LogP contribution in [0.1, 0.15) is 34.0 Å². The van der Waals surface area contributed by atoms with E-state index >= 15 is 0 Å². The molecular formula is C19H20FN7O3S. The molecule has 1 unspecified atom stereocenters. The van der Waals surface area contributed by atoms with Crippen molar-refractivity contribution in [1.82, 2.24) is 30.2 Å². The highest BCUT2D eigenvalue weighted by Crippen LogP contribution is 2.28. The number of carboxylic acid groups (broad SMARTS) is 1. The van der Waals surface area contributed by atoms with Gasteiger partial charge in [-0.05, 0) is 25.5 Å². The van der Waals surface area contributed by atoms with E-state index in [0.29, 0.717) is 35.5 Å². The highest BCUT2D eigenvalue weighted by atomic mass is 32.1. The number of amides is 2. The topological polar surface area (TPSA) is 133 Å². The van der Waals surface area contributed by atoms with E-state index in [1.807, 2.05) is 13.8 Å². The van der Waals surface area contributed by atoms with Gasteiger partial charge in [0.05, 0.1) is 17.2 Å². The normalized spacial score (nSPS) is 14.9. The number of rotatable bonds is 6. The standard InChI is InChI=1S/C19H20FN7O3S/c1-9(12-3-13(20)6-21-5-12)23-18-25-14(15-16(26-18)24-10(2)31-15)17(28)27-7-11(8-27)4-22-19(29)30/h3,5-6,9,11,22H,4,7-8H2,1-2H3,(H,29,30)(H,23,25,26). The molecule has 1 aliphatic rings. The lowest BCUT2D eigenvalue weighted by Crippen LogP contribution is -2.53. The predicted octanol–water partition coefficient (Wildman–Crippen LogP) is 2.44. The van der Waals surface area contributed by atoms with Crippen LogP contribution in [0.4, 0.5) is 15.1 Å². The van der Waals surface area contributed by atoms with E-state index in [1.54, 1.807) is 11.1 Å². The molecule has 12 heteroatoms. The summed E-state index contributed by atoms with van der Waals surface area (Å²) in [7, 11) is 0. The van der Waals surface area contributed by atoms with Crippen molar-refractivity contribution >= 4 is 39.6 Å². The van der Waals surface area contributed by atoms with Crippen LogP contribution >= 0.6 is 11.3 Å². The summed E-state index contributed by atoms with van der Waals surface area (Å²) in [5, 5.41) is 14.9. The van der Waals surface area contributed by atoms with Crippen LogP contribution in [0.25, 0.3) is 10.3 Å². The van der Waals surface area contributed by atoms with Crippen molar-refractivity contribution in [3.63, 3.8) is 0 Å². The van der Waals surface area contributed by atoms with Gasteiger partial charge in [-0.25, -0.2) is 19.2 Å². The molecule has 0 aliphatic carbocycles. The Morgan fingerprint density at radius 2 is 2.10 bits per heavy atom. The van der Waals surface area contributed by atoms with E-state index in [2.05, 4.69) is 30.6 Å². The van der Waals surface area contributed by atoms with E-state index in [1.165, 1.54) is 17.4 Å². The van der Waals surface area contributed by atoms with Gasteiger partial charge in [0.15, 0.2) is 11.3 Å². The number of nitrogens with one attached hydrogen (secondary N) is 2. The average molecular weight is 445 g/mol. The number of thiazole rings is 1. The number of aromatic nitrogens is 4. The summed E-state index contributed by atoms with van der Waals surface area (Å²) in [6, 6.07) is 1.02. The fraction of sp³-hybridized carbons (Fsp3) is 0.368. The van der Waals surface area contributed by atoms with Crippen LogP contribution in [0.5, 0.6) is 0 Å². The maximum absolute atomic E-state index is 13.5. The lowest BCUT2D eigenvalue weighted by atomic mass is 10.00. The van der Waals surface area contributed by atoms with Crippen LogP contribution in [0.15, 0.2) is 18.5 Å². The lowest BCUT2D eigenvalue weighted by molar-refractivity contribution is 0.0499. The Bertz CT molecular complexity index is 1150. The van der Waals surface area contributed by atoms with Gasteiger partial charge >= 0.3 is 6.09 Å². The first-order valence-electron chi connectivity index (χ1n) is 9.58. The molecule has 31 heavy (non-hydrogen) atoms. The maximum atomic E-state index is 13.5. The highest BCUT2D eigenvalue weighted by Gasteiger charge is 2.33. The minimum atomic E-state index is -1.08. The molecule has 0 bridgehead atoms. The Kier molecular flexibility index (Phi) is 5.63. The predicted molar refractivity (Wildman–Crippen MR) is 112 cm³/mol. The second kappa shape index (κ2) is 8.38. The Labute approximate surface area is 180 Å². The second-order valence-corrected chi connectivity index (χ2v) is 8.55. The Balaban J connectivity index is 1.55. The number of anilines is 1. The molecule has 1 atom stereocenters. The van der Waals surface area contributed by atoms with Gasteiger partial charge < -0.3 is 20.6 Å². The molecule has 0 saturated carbocycles. The molecule has 1 fully saturated rings. The smallest absolute Gasteiger partial charge is 0.404 e. The number of hydrogen-bond donors (Lipinski definition) is 3. The third kappa shape index (κ3) is 4.53. The Morgan fingerprint density at radius 1 is 1.32 bits per heavy atom. The third-order valence-electron chi connectivity index (χ3n) is 4.92. The molecule has 3 aromatic rings. The van der Waals surface area contributed by atoms with Crippen molar-refractivity contribution in [2.75, 3.05) is 25.0 Å². The number of pyridine rings is 1. The SMILES string of the molecule is Cc1nc2nc(NC(C)c3cncc(F)c3)nc(C(=O)N3CC(CNC(=O)O)C3)c2s1. The van der Waals surface area contributed by atoms with Crippen LogP contribution in [0.3, 0.4) is 0 Å². The number of nitrogens with zero attached hydrogens (tertiary/aromatic N) is 5. The second-order valence-electron chi connectivity index (χ2n) is 7.35. The first-order valence-corrected chi connectivity index (χ1v) is 10.4. The molecule has 0 aromatic carbocycles. The van der Waals surface area contributed by atoms with E-state index in [0.717, 1.165) is 11.2 Å². The first kappa shape index (κ1) is 20.8. The number of fused-ring (bicyclic) bond motifs is 1. The molecule has 0 radical (unpaired) electrons. The summed E-state index contributed by atoms with van der Waals surface area (Å²) < 4.78 is 14.1. The molecule has 4 rings (SSSR count). The van der Waals surface area contributed by atoms with Gasteiger partial charge in [0.1, 0.15) is 10.5 Å². The molecule has 1 saturated heterocycles. The Morgan fingerprint density at radius 3 is 2.81 bits per heavy atom. The van der Waals surface area contributed by atoms with Gasteiger partial charge in [0.25, 0.3) is 5.91 Å². The molecule has 4 heterocycles. The number of carbonyl (C=O) groups is 2. The molecular weight excluding hydrogens is 425 g/mol. The molecule has 162 valence electrons. The number of halogens is 1. The fourth-order valence-electron chi connectivity index (χ4n) is 3.33. The highest BCUT2D eigenvalue weighted by molar-refractivity contribution is 7.18. The number of likely N-dealkylation sites (tertiary alicyclic amines) is 1. The summed E-state index contributed by atoms with van der Waals surface area (Å²) in [5.74, 6) is -0.426. The van der Waals surface area contributed by atoms with Crippen LogP contribution in [0, 0.1) is 18.7 Å². The monoisotopic (exact) mass is 445 g/mol. The van der Waals surface area contributed by atoms with Gasteiger partial charge in [-0.1, -0.05) is 0 Å². The zero-order valence-electron chi connectivity index (χ0n) is 16.8. The minimum absolute atomic E-state index is 0.0682. The summed E-state index contributed by atoms with van der Waals surface area (Å²) in [4.78, 5) is 42.4. The van der Waals surface area contributed by atoms with Gasteiger partial charge in [-0.2, -0.15) is 4.98 Å². The van der Waals surface area contributed by atoms with Gasteiger partial charge in [-0.3, -0.25) is 9.78 Å². The molecule has 3 aromatic heterocycles. The number of aryl methyl sites for hydroxylation is 1.